The number of rotatable bonds is 6. The largest absolute Gasteiger partial charge is 0.508 e. The second-order valence-electron chi connectivity index (χ2n) is 7.27. The minimum atomic E-state index is -0.142. The number of nitrogens with one attached hydrogen (secondary N) is 1. The highest BCUT2D eigenvalue weighted by Crippen LogP contribution is 2.34. The highest BCUT2D eigenvalue weighted by Gasteiger charge is 2.19. The van der Waals surface area contributed by atoms with E-state index in [2.05, 4.69) is 72.9 Å². The fourth-order valence-corrected chi connectivity index (χ4v) is 3.72. The summed E-state index contributed by atoms with van der Waals surface area (Å²) in [5.74, 6) is 0.305. The Morgan fingerprint density at radius 2 is 1.41 bits per heavy atom. The Hall–Kier alpha value is -3.36. The number of hydrogen-bond donors (Lipinski definition) is 2. The van der Waals surface area contributed by atoms with Crippen molar-refractivity contribution < 1.29 is 5.11 Å². The molecule has 0 unspecified atom stereocenters. The van der Waals surface area contributed by atoms with E-state index in [4.69, 9.17) is 0 Å². The molecule has 4 rings (SSSR count). The summed E-state index contributed by atoms with van der Waals surface area (Å²) in [6.45, 7) is 2.15. The molecule has 144 valence electrons. The number of hydrogen-bond acceptors (Lipinski definition) is 2. The van der Waals surface area contributed by atoms with Crippen LogP contribution < -0.4 is 5.32 Å². The molecule has 0 aliphatic carbocycles. The molecule has 2 heteroatoms. The molecule has 0 aromatic heterocycles. The topological polar surface area (TPSA) is 32.3 Å². The first-order chi connectivity index (χ1) is 14.2. The molecule has 4 aromatic carbocycles. The summed E-state index contributed by atoms with van der Waals surface area (Å²) in [6, 6.07) is 32.6. The summed E-state index contributed by atoms with van der Waals surface area (Å²) in [6.07, 6.45) is 4.24. The third-order valence-corrected chi connectivity index (χ3v) is 5.27. The molecule has 29 heavy (non-hydrogen) atoms. The lowest BCUT2D eigenvalue weighted by atomic mass is 9.95. The molecule has 0 aliphatic heterocycles. The molecule has 0 saturated carbocycles. The summed E-state index contributed by atoms with van der Waals surface area (Å²) in [7, 11) is 0. The number of fused-ring (bicyclic) bond motifs is 1. The third kappa shape index (κ3) is 4.39. The van der Waals surface area contributed by atoms with Crippen LogP contribution in [-0.2, 0) is 0 Å². The van der Waals surface area contributed by atoms with E-state index in [-0.39, 0.29) is 12.1 Å². The van der Waals surface area contributed by atoms with Crippen LogP contribution in [0.2, 0.25) is 0 Å². The van der Waals surface area contributed by atoms with Gasteiger partial charge in [-0.2, -0.15) is 0 Å². The van der Waals surface area contributed by atoms with Crippen LogP contribution in [0.15, 0.2) is 103 Å². The molecule has 0 amide bonds. The van der Waals surface area contributed by atoms with Gasteiger partial charge in [0.1, 0.15) is 5.75 Å². The minimum Gasteiger partial charge on any atom is -0.508 e. The van der Waals surface area contributed by atoms with Gasteiger partial charge in [-0.1, -0.05) is 103 Å². The molecule has 0 fully saturated rings. The maximum atomic E-state index is 10.8. The Morgan fingerprint density at radius 1 is 0.759 bits per heavy atom. The zero-order valence-electron chi connectivity index (χ0n) is 16.5. The Labute approximate surface area is 172 Å². The van der Waals surface area contributed by atoms with Gasteiger partial charge in [0, 0.05) is 11.6 Å². The van der Waals surface area contributed by atoms with E-state index < -0.39 is 0 Å². The van der Waals surface area contributed by atoms with Gasteiger partial charge in [0.25, 0.3) is 0 Å². The van der Waals surface area contributed by atoms with Gasteiger partial charge in [0.05, 0.1) is 6.04 Å². The lowest BCUT2D eigenvalue weighted by molar-refractivity contribution is 0.452. The number of aromatic hydroxyl groups is 1. The van der Waals surface area contributed by atoms with E-state index in [0.717, 1.165) is 21.9 Å². The molecule has 0 heterocycles. The molecular formula is C27H25NO. The van der Waals surface area contributed by atoms with Crippen LogP contribution in [0.25, 0.3) is 16.8 Å². The van der Waals surface area contributed by atoms with Crippen molar-refractivity contribution in [2.45, 2.75) is 19.0 Å². The molecule has 0 spiro atoms. The Morgan fingerprint density at radius 3 is 2.17 bits per heavy atom. The number of benzene rings is 4. The van der Waals surface area contributed by atoms with Gasteiger partial charge in [-0.25, -0.2) is 0 Å². The fourth-order valence-electron chi connectivity index (χ4n) is 3.72. The van der Waals surface area contributed by atoms with Gasteiger partial charge in [0.2, 0.25) is 0 Å². The van der Waals surface area contributed by atoms with Crippen LogP contribution in [0.4, 0.5) is 0 Å². The van der Waals surface area contributed by atoms with Crippen LogP contribution in [0, 0.1) is 0 Å². The molecule has 0 radical (unpaired) electrons. The van der Waals surface area contributed by atoms with Gasteiger partial charge in [-0.3, -0.25) is 5.32 Å². The fraction of sp³-hybridized carbons (Fsp3) is 0.111. The Kier molecular flexibility index (Phi) is 5.73. The van der Waals surface area contributed by atoms with Crippen molar-refractivity contribution in [3.05, 3.63) is 120 Å². The smallest absolute Gasteiger partial charge is 0.121 e. The van der Waals surface area contributed by atoms with Crippen molar-refractivity contribution in [1.29, 1.82) is 0 Å². The molecule has 2 N–H and O–H groups in total. The summed E-state index contributed by atoms with van der Waals surface area (Å²) < 4.78 is 0. The van der Waals surface area contributed by atoms with Gasteiger partial charge in [-0.05, 0) is 34.9 Å². The molecule has 2 atom stereocenters. The summed E-state index contributed by atoms with van der Waals surface area (Å²) in [4.78, 5) is 0. The van der Waals surface area contributed by atoms with Crippen molar-refractivity contribution in [1.82, 2.24) is 5.32 Å². The molecule has 4 aromatic rings. The van der Waals surface area contributed by atoms with Crippen molar-refractivity contribution in [3.8, 4) is 5.75 Å². The summed E-state index contributed by atoms with van der Waals surface area (Å²) in [5.41, 5.74) is 3.25. The standard InChI is InChI=1S/C27H25NO/c1-20(22-12-6-3-7-13-22)28-25(18-16-21-10-4-2-5-11-21)27-24-15-9-8-14-23(24)17-19-26(27)29/h2-20,25,28-29H,1H3/b18-16+/t20-,25-/m1/s1. The van der Waals surface area contributed by atoms with Crippen molar-refractivity contribution in [3.63, 3.8) is 0 Å². The average Bonchev–Trinajstić information content (AvgIpc) is 2.78. The van der Waals surface area contributed by atoms with E-state index >= 15 is 0 Å². The Balaban J connectivity index is 1.76. The van der Waals surface area contributed by atoms with Crippen molar-refractivity contribution >= 4 is 16.8 Å². The molecule has 0 saturated heterocycles. The van der Waals surface area contributed by atoms with Crippen LogP contribution in [-0.4, -0.2) is 5.11 Å². The summed E-state index contributed by atoms with van der Waals surface area (Å²) in [5, 5.41) is 16.7. The predicted molar refractivity (Wildman–Crippen MR) is 122 cm³/mol. The maximum Gasteiger partial charge on any atom is 0.121 e. The Bertz CT molecular complexity index is 1100. The van der Waals surface area contributed by atoms with E-state index in [1.54, 1.807) is 6.07 Å². The van der Waals surface area contributed by atoms with Crippen LogP contribution in [0.3, 0.4) is 0 Å². The van der Waals surface area contributed by atoms with Crippen molar-refractivity contribution in [2.75, 3.05) is 0 Å². The highest BCUT2D eigenvalue weighted by molar-refractivity contribution is 5.88. The third-order valence-electron chi connectivity index (χ3n) is 5.27. The maximum absolute atomic E-state index is 10.8. The normalized spacial score (nSPS) is 13.6. The number of phenolic OH excluding ortho intramolecular Hbond substituents is 1. The molecule has 0 bridgehead atoms. The zero-order chi connectivity index (χ0) is 20.1. The first-order valence-corrected chi connectivity index (χ1v) is 9.97. The minimum absolute atomic E-state index is 0.125. The molecule has 0 aliphatic rings. The SMILES string of the molecule is C[C@@H](N[C@H](/C=C/c1ccccc1)c1c(O)ccc2ccccc12)c1ccccc1. The monoisotopic (exact) mass is 379 g/mol. The zero-order valence-corrected chi connectivity index (χ0v) is 16.5. The average molecular weight is 380 g/mol. The molecular weight excluding hydrogens is 354 g/mol. The van der Waals surface area contributed by atoms with Gasteiger partial charge < -0.3 is 5.11 Å². The van der Waals surface area contributed by atoms with E-state index in [1.807, 2.05) is 42.5 Å². The number of phenols is 1. The lowest BCUT2D eigenvalue weighted by Gasteiger charge is -2.24. The quantitative estimate of drug-likeness (QED) is 0.393. The van der Waals surface area contributed by atoms with Crippen LogP contribution >= 0.6 is 0 Å². The second kappa shape index (κ2) is 8.76. The first-order valence-electron chi connectivity index (χ1n) is 9.97. The molecule has 2 nitrogen and oxygen atoms in total. The second-order valence-corrected chi connectivity index (χ2v) is 7.27. The highest BCUT2D eigenvalue weighted by atomic mass is 16.3. The van der Waals surface area contributed by atoms with E-state index in [1.165, 1.54) is 5.56 Å². The lowest BCUT2D eigenvalue weighted by Crippen LogP contribution is -2.23. The summed E-state index contributed by atoms with van der Waals surface area (Å²) >= 11 is 0. The van der Waals surface area contributed by atoms with Crippen molar-refractivity contribution in [2.24, 2.45) is 0 Å². The van der Waals surface area contributed by atoms with Gasteiger partial charge in [0.15, 0.2) is 0 Å². The first kappa shape index (κ1) is 19.0. The van der Waals surface area contributed by atoms with E-state index in [9.17, 15) is 5.11 Å². The van der Waals surface area contributed by atoms with E-state index in [0.29, 0.717) is 5.75 Å². The van der Waals surface area contributed by atoms with Gasteiger partial charge >= 0.3 is 0 Å². The van der Waals surface area contributed by atoms with Crippen LogP contribution in [0.1, 0.15) is 35.7 Å². The predicted octanol–water partition coefficient (Wildman–Crippen LogP) is 6.65. The van der Waals surface area contributed by atoms with Gasteiger partial charge in [-0.15, -0.1) is 0 Å². The van der Waals surface area contributed by atoms with Crippen LogP contribution in [0.5, 0.6) is 5.75 Å².